The zero-order valence-corrected chi connectivity index (χ0v) is 24.1. The molecule has 0 spiro atoms. The molecule has 10 heteroatoms. The van der Waals surface area contributed by atoms with E-state index in [0.717, 1.165) is 11.1 Å². The first-order chi connectivity index (χ1) is 19.5. The number of carbonyl (C=O) groups is 1. The molecule has 0 radical (unpaired) electrons. The summed E-state index contributed by atoms with van der Waals surface area (Å²) in [7, 11) is -4.11. The van der Waals surface area contributed by atoms with Gasteiger partial charge in [0.1, 0.15) is 12.4 Å². The summed E-state index contributed by atoms with van der Waals surface area (Å²) in [5, 5.41) is 32.0. The molecule has 0 aliphatic rings. The highest BCUT2D eigenvalue weighted by Crippen LogP contribution is 2.28. The summed E-state index contributed by atoms with van der Waals surface area (Å²) >= 11 is 0. The number of nitrogens with one attached hydrogen (secondary N) is 1. The summed E-state index contributed by atoms with van der Waals surface area (Å²) in [5.74, 6) is 0.502. The van der Waals surface area contributed by atoms with Crippen molar-refractivity contribution in [2.75, 3.05) is 13.1 Å². The molecule has 3 rings (SSSR count). The average molecular weight is 580 g/mol. The predicted octanol–water partition coefficient (Wildman–Crippen LogP) is 4.83. The minimum atomic E-state index is -4.11. The van der Waals surface area contributed by atoms with Crippen molar-refractivity contribution >= 4 is 16.1 Å². The van der Waals surface area contributed by atoms with Crippen molar-refractivity contribution < 1.29 is 28.2 Å². The number of sulfonamides is 1. The van der Waals surface area contributed by atoms with Crippen LogP contribution >= 0.6 is 0 Å². The number of benzene rings is 3. The van der Waals surface area contributed by atoms with Gasteiger partial charge in [-0.2, -0.15) is 9.57 Å². The number of amides is 1. The molecule has 0 saturated carbocycles. The van der Waals surface area contributed by atoms with E-state index in [-0.39, 0.29) is 30.8 Å². The maximum atomic E-state index is 13.9. The first-order valence-corrected chi connectivity index (χ1v) is 14.8. The van der Waals surface area contributed by atoms with Gasteiger partial charge in [-0.1, -0.05) is 74.5 Å². The fourth-order valence-corrected chi connectivity index (χ4v) is 6.09. The highest BCUT2D eigenvalue weighted by Gasteiger charge is 2.34. The van der Waals surface area contributed by atoms with Crippen LogP contribution in [0.1, 0.15) is 37.8 Å². The molecule has 0 bridgehead atoms. The smallest absolute Gasteiger partial charge is 0.404 e. The Morgan fingerprint density at radius 1 is 1.00 bits per heavy atom. The zero-order chi connectivity index (χ0) is 29.9. The van der Waals surface area contributed by atoms with E-state index >= 15 is 0 Å². The van der Waals surface area contributed by atoms with Crippen LogP contribution in [-0.2, 0) is 23.1 Å². The van der Waals surface area contributed by atoms with E-state index in [0.29, 0.717) is 18.8 Å². The highest BCUT2D eigenvalue weighted by molar-refractivity contribution is 7.89. The van der Waals surface area contributed by atoms with Crippen molar-refractivity contribution in [3.8, 4) is 11.8 Å². The lowest BCUT2D eigenvalue weighted by atomic mass is 9.88. The second kappa shape index (κ2) is 14.6. The van der Waals surface area contributed by atoms with Crippen LogP contribution in [0.4, 0.5) is 4.79 Å². The molecule has 1 amide bonds. The van der Waals surface area contributed by atoms with Crippen LogP contribution in [0.2, 0.25) is 0 Å². The van der Waals surface area contributed by atoms with Gasteiger partial charge < -0.3 is 20.3 Å². The summed E-state index contributed by atoms with van der Waals surface area (Å²) in [6.45, 7) is 3.72. The summed E-state index contributed by atoms with van der Waals surface area (Å²) in [4.78, 5) is 11.5. The lowest BCUT2D eigenvalue weighted by Crippen LogP contribution is -2.51. The van der Waals surface area contributed by atoms with Gasteiger partial charge in [0, 0.05) is 19.5 Å². The summed E-state index contributed by atoms with van der Waals surface area (Å²) in [6, 6.07) is 25.9. The largest absolute Gasteiger partial charge is 0.489 e. The van der Waals surface area contributed by atoms with E-state index in [9.17, 15) is 23.4 Å². The van der Waals surface area contributed by atoms with Crippen molar-refractivity contribution in [1.82, 2.24) is 9.62 Å². The zero-order valence-electron chi connectivity index (χ0n) is 23.3. The third kappa shape index (κ3) is 9.90. The molecule has 0 heterocycles. The number of ether oxygens (including phenoxy) is 1. The summed E-state index contributed by atoms with van der Waals surface area (Å²) < 4.78 is 34.7. The van der Waals surface area contributed by atoms with Crippen LogP contribution in [0.3, 0.4) is 0 Å². The minimum Gasteiger partial charge on any atom is -0.489 e. The van der Waals surface area contributed by atoms with Crippen LogP contribution in [-0.4, -0.2) is 54.3 Å². The Hall–Kier alpha value is -3.91. The number of rotatable bonds is 15. The molecule has 0 unspecified atom stereocenters. The van der Waals surface area contributed by atoms with E-state index in [1.807, 2.05) is 62.4 Å². The van der Waals surface area contributed by atoms with E-state index in [4.69, 9.17) is 10.00 Å². The van der Waals surface area contributed by atoms with Gasteiger partial charge in [-0.15, -0.1) is 0 Å². The Balaban J connectivity index is 1.84. The third-order valence-electron chi connectivity index (χ3n) is 6.69. The van der Waals surface area contributed by atoms with Crippen LogP contribution in [0, 0.1) is 16.7 Å². The van der Waals surface area contributed by atoms with Gasteiger partial charge in [0.15, 0.2) is 0 Å². The molecule has 0 aliphatic carbocycles. The van der Waals surface area contributed by atoms with E-state index in [1.165, 1.54) is 16.4 Å². The molecule has 0 aliphatic heterocycles. The van der Waals surface area contributed by atoms with Gasteiger partial charge in [-0.25, -0.2) is 13.2 Å². The van der Waals surface area contributed by atoms with Crippen molar-refractivity contribution in [3.63, 3.8) is 0 Å². The minimum absolute atomic E-state index is 0.0126. The number of hydrogen-bond acceptors (Lipinski definition) is 6. The fraction of sp³-hybridized carbons (Fsp3) is 0.355. The van der Waals surface area contributed by atoms with Gasteiger partial charge in [-0.3, -0.25) is 0 Å². The Morgan fingerprint density at radius 2 is 1.59 bits per heavy atom. The molecule has 0 saturated heterocycles. The SMILES string of the molecule is CC(C)(CCC#N)CN(C[C@H](O)[C@H](Cc1ccccc1)NC(=O)O)S(=O)(=O)c1ccc(OCc2ccccc2)cc1. The van der Waals surface area contributed by atoms with Crippen molar-refractivity contribution in [3.05, 3.63) is 96.1 Å². The first-order valence-electron chi connectivity index (χ1n) is 13.4. The molecule has 218 valence electrons. The quantitative estimate of drug-likeness (QED) is 0.234. The lowest BCUT2D eigenvalue weighted by molar-refractivity contribution is 0.0908. The van der Waals surface area contributed by atoms with E-state index in [2.05, 4.69) is 11.4 Å². The molecule has 9 nitrogen and oxygen atoms in total. The second-order valence-electron chi connectivity index (χ2n) is 10.7. The van der Waals surface area contributed by atoms with Crippen LogP contribution in [0.25, 0.3) is 0 Å². The van der Waals surface area contributed by atoms with E-state index in [1.54, 1.807) is 24.3 Å². The number of carboxylic acid groups (broad SMARTS) is 1. The molecule has 2 atom stereocenters. The monoisotopic (exact) mass is 579 g/mol. The van der Waals surface area contributed by atoms with Gasteiger partial charge >= 0.3 is 6.09 Å². The molecule has 41 heavy (non-hydrogen) atoms. The molecule has 0 fully saturated rings. The first kappa shape index (κ1) is 31.6. The summed E-state index contributed by atoms with van der Waals surface area (Å²) in [5.41, 5.74) is 1.18. The molecule has 3 aromatic carbocycles. The van der Waals surface area contributed by atoms with Crippen molar-refractivity contribution in [2.45, 2.75) is 56.8 Å². The second-order valence-corrected chi connectivity index (χ2v) is 12.6. The number of nitrogens with zero attached hydrogens (tertiary/aromatic N) is 2. The maximum Gasteiger partial charge on any atom is 0.404 e. The molecule has 0 aromatic heterocycles. The maximum absolute atomic E-state index is 13.9. The Labute approximate surface area is 242 Å². The average Bonchev–Trinajstić information content (AvgIpc) is 2.95. The Morgan fingerprint density at radius 3 is 2.15 bits per heavy atom. The Bertz CT molecular complexity index is 1390. The fourth-order valence-electron chi connectivity index (χ4n) is 4.44. The number of aliphatic hydroxyl groups excluding tert-OH is 1. The van der Waals surface area contributed by atoms with Crippen LogP contribution in [0.5, 0.6) is 5.75 Å². The standard InChI is InChI=1S/C31H37N3O6S/c1-31(2,18-9-19-32)23-34(21-29(35)28(33-30(36)37)20-24-10-5-3-6-11-24)41(38,39)27-16-14-26(15-17-27)40-22-25-12-7-4-8-13-25/h3-8,10-17,28-29,33,35H,9,18,20-23H2,1-2H3,(H,36,37)/t28-,29-/m0/s1. The van der Waals surface area contributed by atoms with Crippen molar-refractivity contribution in [2.24, 2.45) is 5.41 Å². The van der Waals surface area contributed by atoms with Gasteiger partial charge in [0.05, 0.1) is 23.1 Å². The number of aliphatic hydroxyl groups is 1. The lowest BCUT2D eigenvalue weighted by Gasteiger charge is -2.34. The Kier molecular flexibility index (Phi) is 11.3. The predicted molar refractivity (Wildman–Crippen MR) is 156 cm³/mol. The van der Waals surface area contributed by atoms with E-state index < -0.39 is 33.7 Å². The molecule has 3 N–H and O–H groups in total. The molecule has 3 aromatic rings. The molecular formula is C31H37N3O6S. The van der Waals surface area contributed by atoms with Gasteiger partial charge in [0.25, 0.3) is 0 Å². The molecular weight excluding hydrogens is 542 g/mol. The van der Waals surface area contributed by atoms with Crippen LogP contribution < -0.4 is 10.1 Å². The van der Waals surface area contributed by atoms with Crippen molar-refractivity contribution in [1.29, 1.82) is 5.26 Å². The van der Waals surface area contributed by atoms with Crippen LogP contribution in [0.15, 0.2) is 89.8 Å². The topological polar surface area (TPSA) is 140 Å². The number of hydrogen-bond donors (Lipinski definition) is 3. The van der Waals surface area contributed by atoms with Gasteiger partial charge in [0.2, 0.25) is 10.0 Å². The normalized spacial score (nSPS) is 13.2. The summed E-state index contributed by atoms with van der Waals surface area (Å²) in [6.07, 6.45) is -1.80. The third-order valence-corrected chi connectivity index (χ3v) is 8.52. The van der Waals surface area contributed by atoms with Gasteiger partial charge in [-0.05, 0) is 53.6 Å². The highest BCUT2D eigenvalue weighted by atomic mass is 32.2. The number of nitriles is 1.